The molecule has 0 fully saturated rings. The Morgan fingerprint density at radius 2 is 1.24 bits per heavy atom. The molecule has 18 heteroatoms. The lowest BCUT2D eigenvalue weighted by molar-refractivity contribution is -0.414. The molecule has 0 aliphatic rings. The van der Waals surface area contributed by atoms with Crippen LogP contribution in [-0.2, 0) is 23.9 Å². The van der Waals surface area contributed by atoms with Gasteiger partial charge in [-0.15, -0.1) is 0 Å². The number of carbonyl (C=O) groups excluding carboxylic acids is 2. The van der Waals surface area contributed by atoms with Gasteiger partial charge in [-0.2, -0.15) is 43.9 Å². The Balaban J connectivity index is 0. The zero-order chi connectivity index (χ0) is 30.3. The van der Waals surface area contributed by atoms with E-state index in [0.717, 1.165) is 13.8 Å². The summed E-state index contributed by atoms with van der Waals surface area (Å²) in [5, 5.41) is 8.05. The van der Waals surface area contributed by atoms with Crippen LogP contribution < -0.4 is 0 Å². The van der Waals surface area contributed by atoms with Crippen molar-refractivity contribution in [3.63, 3.8) is 0 Å². The summed E-state index contributed by atoms with van der Waals surface area (Å²) >= 11 is 0. The lowest BCUT2D eigenvalue weighted by Gasteiger charge is -2.39. The first-order chi connectivity index (χ1) is 16.3. The number of carbonyl (C=O) groups is 3. The molecule has 0 spiro atoms. The summed E-state index contributed by atoms with van der Waals surface area (Å²) in [5.41, 5.74) is -1.56. The molecule has 6 nitrogen and oxygen atoms in total. The number of alkyl halides is 12. The average molecular weight is 576 g/mol. The fraction of sp³-hybridized carbons (Fsp3) is 0.842. The topological polar surface area (TPSA) is 89.9 Å². The Labute approximate surface area is 202 Å². The smallest absolute Gasteiger partial charge is 0.384 e. The van der Waals surface area contributed by atoms with Gasteiger partial charge in [0.25, 0.3) is 0 Å². The zero-order valence-electron chi connectivity index (χ0n) is 19.6. The Morgan fingerprint density at radius 3 is 1.59 bits per heavy atom. The second-order valence-corrected chi connectivity index (χ2v) is 7.97. The molecular formula is C19H24F12O6. The fourth-order valence-corrected chi connectivity index (χ4v) is 1.78. The molecule has 0 atom stereocenters. The van der Waals surface area contributed by atoms with Crippen molar-refractivity contribution < 1.29 is 81.6 Å². The van der Waals surface area contributed by atoms with E-state index < -0.39 is 72.6 Å². The first-order valence-corrected chi connectivity index (χ1v) is 10.0. The van der Waals surface area contributed by atoms with Gasteiger partial charge in [-0.05, 0) is 26.7 Å². The maximum absolute atomic E-state index is 13.4. The summed E-state index contributed by atoms with van der Waals surface area (Å²) in [4.78, 5) is 31.7. The van der Waals surface area contributed by atoms with Gasteiger partial charge in [0.1, 0.15) is 0 Å². The van der Waals surface area contributed by atoms with Crippen molar-refractivity contribution in [2.45, 2.75) is 83.0 Å². The molecule has 0 aromatic rings. The summed E-state index contributed by atoms with van der Waals surface area (Å²) in [6.07, 6.45) is -4.69. The van der Waals surface area contributed by atoms with Gasteiger partial charge < -0.3 is 14.6 Å². The van der Waals surface area contributed by atoms with Crippen molar-refractivity contribution in [3.8, 4) is 0 Å². The van der Waals surface area contributed by atoms with E-state index in [1.54, 1.807) is 0 Å². The predicted octanol–water partition coefficient (Wildman–Crippen LogP) is 5.82. The largest absolute Gasteiger partial charge is 0.479 e. The standard InChI is InChI=1S/C13H14F12O2.C6H10O4/c1-4-8(2,3)7(26)27-5-9(16,17)11(20,21)13(24,25)12(22,23)10(18,19)6(14)15;1-2-3-6(9)10-4-5(7)8/h6H,4-5H2,1-3H3;2-4H2,1H3,(H,7,8). The number of halogens is 12. The SMILES string of the molecule is CCC(C)(C)C(=O)OCC(F)(F)C(F)(F)C(F)(F)C(F)(F)C(F)(F)C(F)F.CCCC(=O)OCC(=O)O. The van der Waals surface area contributed by atoms with Gasteiger partial charge in [0, 0.05) is 6.42 Å². The van der Waals surface area contributed by atoms with Crippen molar-refractivity contribution in [2.75, 3.05) is 13.2 Å². The van der Waals surface area contributed by atoms with E-state index in [0.29, 0.717) is 6.42 Å². The molecule has 0 unspecified atom stereocenters. The van der Waals surface area contributed by atoms with Gasteiger partial charge in [-0.1, -0.05) is 13.8 Å². The van der Waals surface area contributed by atoms with Crippen LogP contribution in [-0.4, -0.2) is 72.3 Å². The molecule has 0 bridgehead atoms. The summed E-state index contributed by atoms with van der Waals surface area (Å²) in [5.74, 6) is -39.0. The molecule has 0 saturated heterocycles. The van der Waals surface area contributed by atoms with Crippen molar-refractivity contribution in [2.24, 2.45) is 5.41 Å². The number of rotatable bonds is 13. The van der Waals surface area contributed by atoms with Gasteiger partial charge in [0.2, 0.25) is 0 Å². The normalized spacial score (nSPS) is 13.5. The maximum Gasteiger partial charge on any atom is 0.384 e. The molecule has 0 aliphatic carbocycles. The molecule has 0 heterocycles. The van der Waals surface area contributed by atoms with Crippen LogP contribution in [0.3, 0.4) is 0 Å². The maximum atomic E-state index is 13.4. The molecule has 0 aromatic carbocycles. The van der Waals surface area contributed by atoms with Crippen LogP contribution in [0.4, 0.5) is 52.7 Å². The van der Waals surface area contributed by atoms with Gasteiger partial charge in [0.05, 0.1) is 5.41 Å². The van der Waals surface area contributed by atoms with Gasteiger partial charge in [-0.25, -0.2) is 13.6 Å². The summed E-state index contributed by atoms with van der Waals surface area (Å²) in [6.45, 7) is 1.90. The molecule has 0 radical (unpaired) electrons. The van der Waals surface area contributed by atoms with E-state index in [-0.39, 0.29) is 12.8 Å². The molecule has 0 amide bonds. The van der Waals surface area contributed by atoms with Crippen LogP contribution in [0.2, 0.25) is 0 Å². The van der Waals surface area contributed by atoms with Crippen LogP contribution in [0, 0.1) is 5.41 Å². The highest BCUT2D eigenvalue weighted by Gasteiger charge is 2.87. The van der Waals surface area contributed by atoms with Crippen LogP contribution >= 0.6 is 0 Å². The zero-order valence-corrected chi connectivity index (χ0v) is 19.6. The van der Waals surface area contributed by atoms with Crippen molar-refractivity contribution in [1.29, 1.82) is 0 Å². The summed E-state index contributed by atoms with van der Waals surface area (Å²) < 4.78 is 163. The highest BCUT2D eigenvalue weighted by molar-refractivity contribution is 5.76. The van der Waals surface area contributed by atoms with E-state index in [9.17, 15) is 67.1 Å². The molecule has 0 aliphatic heterocycles. The van der Waals surface area contributed by atoms with Crippen LogP contribution in [0.15, 0.2) is 0 Å². The van der Waals surface area contributed by atoms with E-state index in [4.69, 9.17) is 5.11 Å². The minimum Gasteiger partial charge on any atom is -0.479 e. The highest BCUT2D eigenvalue weighted by Crippen LogP contribution is 2.58. The molecule has 0 rings (SSSR count). The van der Waals surface area contributed by atoms with Gasteiger partial charge >= 0.3 is 53.9 Å². The number of carboxylic acids is 1. The first-order valence-electron chi connectivity index (χ1n) is 10.0. The number of carboxylic acid groups (broad SMARTS) is 1. The number of hydrogen-bond acceptors (Lipinski definition) is 5. The molecule has 37 heavy (non-hydrogen) atoms. The fourth-order valence-electron chi connectivity index (χ4n) is 1.78. The van der Waals surface area contributed by atoms with Gasteiger partial charge in [0.15, 0.2) is 13.2 Å². The van der Waals surface area contributed by atoms with Gasteiger partial charge in [-0.3, -0.25) is 9.59 Å². The summed E-state index contributed by atoms with van der Waals surface area (Å²) in [7, 11) is 0. The van der Waals surface area contributed by atoms with E-state index in [1.807, 2.05) is 6.92 Å². The third-order valence-electron chi connectivity index (χ3n) is 4.57. The van der Waals surface area contributed by atoms with E-state index in [1.165, 1.54) is 6.92 Å². The van der Waals surface area contributed by atoms with Crippen LogP contribution in [0.25, 0.3) is 0 Å². The number of ether oxygens (including phenoxy) is 2. The predicted molar refractivity (Wildman–Crippen MR) is 99.3 cm³/mol. The van der Waals surface area contributed by atoms with Crippen LogP contribution in [0.5, 0.6) is 0 Å². The number of hydrogen-bond donors (Lipinski definition) is 1. The highest BCUT2D eigenvalue weighted by atomic mass is 19.4. The molecular weight excluding hydrogens is 552 g/mol. The van der Waals surface area contributed by atoms with E-state index in [2.05, 4.69) is 9.47 Å². The van der Waals surface area contributed by atoms with Crippen molar-refractivity contribution >= 4 is 17.9 Å². The third-order valence-corrected chi connectivity index (χ3v) is 4.57. The Bertz CT molecular complexity index is 784. The minimum atomic E-state index is -7.63. The second-order valence-electron chi connectivity index (χ2n) is 7.97. The average Bonchev–Trinajstić information content (AvgIpc) is 2.75. The number of aliphatic carboxylic acids is 1. The Hall–Kier alpha value is -2.43. The Kier molecular flexibility index (Phi) is 12.8. The lowest BCUT2D eigenvalue weighted by atomic mass is 9.90. The summed E-state index contributed by atoms with van der Waals surface area (Å²) in [6, 6.07) is 0. The van der Waals surface area contributed by atoms with Crippen molar-refractivity contribution in [1.82, 2.24) is 0 Å². The quantitative estimate of drug-likeness (QED) is 0.220. The molecule has 0 saturated carbocycles. The second kappa shape index (κ2) is 12.9. The lowest BCUT2D eigenvalue weighted by Crippen LogP contribution is -2.69. The van der Waals surface area contributed by atoms with Crippen molar-refractivity contribution in [3.05, 3.63) is 0 Å². The molecule has 1 N–H and O–H groups in total. The molecule has 220 valence electrons. The van der Waals surface area contributed by atoms with E-state index >= 15 is 0 Å². The molecule has 0 aromatic heterocycles. The minimum absolute atomic E-state index is 0.0946. The first kappa shape index (κ1) is 36.7. The monoisotopic (exact) mass is 576 g/mol. The Morgan fingerprint density at radius 1 is 0.784 bits per heavy atom. The van der Waals surface area contributed by atoms with Crippen LogP contribution in [0.1, 0.15) is 47.0 Å². The number of esters is 2. The third kappa shape index (κ3) is 8.55.